The molecule has 0 bridgehead atoms. The molecule has 0 amide bonds. The maximum Gasteiger partial charge on any atom is 0.107 e. The molecule has 1 aromatic carbocycles. The fraction of sp³-hybridized carbons (Fsp3) is 0.500. The molecule has 22 heavy (non-hydrogen) atoms. The second-order valence-corrected chi connectivity index (χ2v) is 7.28. The Morgan fingerprint density at radius 3 is 2.82 bits per heavy atom. The van der Waals surface area contributed by atoms with Gasteiger partial charge in [0, 0.05) is 25.9 Å². The van der Waals surface area contributed by atoms with Gasteiger partial charge in [-0.15, -0.1) is 11.3 Å². The number of benzene rings is 1. The van der Waals surface area contributed by atoms with Gasteiger partial charge in [-0.2, -0.15) is 0 Å². The van der Waals surface area contributed by atoms with E-state index in [4.69, 9.17) is 4.74 Å². The summed E-state index contributed by atoms with van der Waals surface area (Å²) < 4.78 is 5.62. The molecule has 2 heterocycles. The third-order valence-electron chi connectivity index (χ3n) is 4.09. The van der Waals surface area contributed by atoms with E-state index in [1.165, 1.54) is 28.8 Å². The van der Waals surface area contributed by atoms with Crippen LogP contribution >= 0.6 is 11.3 Å². The molecule has 1 aliphatic rings. The minimum atomic E-state index is 0.392. The fourth-order valence-electron chi connectivity index (χ4n) is 2.70. The van der Waals surface area contributed by atoms with Crippen LogP contribution in [0.4, 0.5) is 0 Å². The predicted octanol–water partition coefficient (Wildman–Crippen LogP) is 4.20. The van der Waals surface area contributed by atoms with Gasteiger partial charge in [-0.3, -0.25) is 0 Å². The summed E-state index contributed by atoms with van der Waals surface area (Å²) in [5.74, 6) is 0.577. The predicted molar refractivity (Wildman–Crippen MR) is 92.3 cm³/mol. The number of hydrogen-bond acceptors (Lipinski definition) is 4. The van der Waals surface area contributed by atoms with Gasteiger partial charge in [-0.05, 0) is 29.9 Å². The Bertz CT molecular complexity index is 585. The van der Waals surface area contributed by atoms with Crippen LogP contribution in [-0.2, 0) is 11.3 Å². The first kappa shape index (κ1) is 15.7. The molecule has 3 nitrogen and oxygen atoms in total. The zero-order chi connectivity index (χ0) is 15.4. The molecule has 1 unspecified atom stereocenters. The molecule has 118 valence electrons. The number of thiazole rings is 1. The van der Waals surface area contributed by atoms with E-state index >= 15 is 0 Å². The van der Waals surface area contributed by atoms with E-state index in [1.807, 2.05) is 6.20 Å². The van der Waals surface area contributed by atoms with Crippen LogP contribution in [0.25, 0.3) is 10.4 Å². The second-order valence-electron chi connectivity index (χ2n) is 6.16. The number of nitrogens with one attached hydrogen (secondary N) is 1. The van der Waals surface area contributed by atoms with Gasteiger partial charge < -0.3 is 10.1 Å². The average molecular weight is 316 g/mol. The first-order chi connectivity index (χ1) is 10.7. The third kappa shape index (κ3) is 3.94. The highest BCUT2D eigenvalue weighted by Crippen LogP contribution is 2.27. The number of hydrogen-bond donors (Lipinski definition) is 1. The van der Waals surface area contributed by atoms with Crippen molar-refractivity contribution in [2.45, 2.75) is 45.3 Å². The van der Waals surface area contributed by atoms with E-state index in [0.717, 1.165) is 24.7 Å². The Morgan fingerprint density at radius 1 is 1.32 bits per heavy atom. The first-order valence-corrected chi connectivity index (χ1v) is 8.91. The third-order valence-corrected chi connectivity index (χ3v) is 5.13. The zero-order valence-electron chi connectivity index (χ0n) is 13.3. The van der Waals surface area contributed by atoms with Crippen LogP contribution in [0.2, 0.25) is 0 Å². The molecule has 3 rings (SSSR count). The Morgan fingerprint density at radius 2 is 2.14 bits per heavy atom. The highest BCUT2D eigenvalue weighted by Gasteiger charge is 2.14. The molecular weight excluding hydrogens is 292 g/mol. The van der Waals surface area contributed by atoms with Gasteiger partial charge in [0.1, 0.15) is 5.01 Å². The summed E-state index contributed by atoms with van der Waals surface area (Å²) in [5, 5.41) is 4.60. The Kier molecular flexibility index (Phi) is 5.24. The van der Waals surface area contributed by atoms with Crippen LogP contribution in [0.5, 0.6) is 0 Å². The Balaban J connectivity index is 1.55. The molecule has 0 aliphatic carbocycles. The largest absolute Gasteiger partial charge is 0.377 e. The van der Waals surface area contributed by atoms with Gasteiger partial charge in [-0.25, -0.2) is 4.98 Å². The van der Waals surface area contributed by atoms with Crippen LogP contribution in [0.1, 0.15) is 43.2 Å². The maximum atomic E-state index is 5.62. The molecule has 2 aromatic rings. The summed E-state index contributed by atoms with van der Waals surface area (Å²) >= 11 is 1.77. The lowest BCUT2D eigenvalue weighted by Gasteiger charge is -2.09. The van der Waals surface area contributed by atoms with E-state index in [1.54, 1.807) is 11.3 Å². The SMILES string of the molecule is CC(C)c1ccc(-c2cnc(CNCC3CCCO3)s2)cc1. The lowest BCUT2D eigenvalue weighted by Crippen LogP contribution is -2.25. The molecule has 0 saturated carbocycles. The van der Waals surface area contributed by atoms with Crippen LogP contribution in [0, 0.1) is 0 Å². The zero-order valence-corrected chi connectivity index (χ0v) is 14.2. The quantitative estimate of drug-likeness (QED) is 0.867. The normalized spacial score (nSPS) is 18.2. The molecule has 0 radical (unpaired) electrons. The van der Waals surface area contributed by atoms with E-state index in [9.17, 15) is 0 Å². The van der Waals surface area contributed by atoms with Crippen molar-refractivity contribution >= 4 is 11.3 Å². The molecule has 1 saturated heterocycles. The van der Waals surface area contributed by atoms with E-state index < -0.39 is 0 Å². The standard InChI is InChI=1S/C18H24N2OS/c1-13(2)14-5-7-15(8-6-14)17-11-20-18(22-17)12-19-10-16-4-3-9-21-16/h5-8,11,13,16,19H,3-4,9-10,12H2,1-2H3. The fourth-order valence-corrected chi connectivity index (χ4v) is 3.60. The highest BCUT2D eigenvalue weighted by molar-refractivity contribution is 7.15. The van der Waals surface area contributed by atoms with E-state index in [0.29, 0.717) is 12.0 Å². The number of ether oxygens (including phenoxy) is 1. The summed E-state index contributed by atoms with van der Waals surface area (Å²) in [4.78, 5) is 5.77. The summed E-state index contributed by atoms with van der Waals surface area (Å²) in [6.07, 6.45) is 4.75. The summed E-state index contributed by atoms with van der Waals surface area (Å²) in [7, 11) is 0. The van der Waals surface area contributed by atoms with Crippen LogP contribution < -0.4 is 5.32 Å². The van der Waals surface area contributed by atoms with Crippen molar-refractivity contribution in [3.05, 3.63) is 41.0 Å². The molecule has 1 aromatic heterocycles. The lowest BCUT2D eigenvalue weighted by atomic mass is 10.0. The molecular formula is C18H24N2OS. The summed E-state index contributed by atoms with van der Waals surface area (Å²) in [6.45, 7) is 7.12. The van der Waals surface area contributed by atoms with Gasteiger partial charge in [0.15, 0.2) is 0 Å². The Labute approximate surface area is 136 Å². The minimum Gasteiger partial charge on any atom is -0.377 e. The highest BCUT2D eigenvalue weighted by atomic mass is 32.1. The lowest BCUT2D eigenvalue weighted by molar-refractivity contribution is 0.110. The number of nitrogens with zero attached hydrogens (tertiary/aromatic N) is 1. The average Bonchev–Trinajstić information content (AvgIpc) is 3.19. The van der Waals surface area contributed by atoms with Crippen molar-refractivity contribution in [2.75, 3.05) is 13.2 Å². The molecule has 0 spiro atoms. The summed E-state index contributed by atoms with van der Waals surface area (Å²) in [6, 6.07) is 8.84. The van der Waals surface area contributed by atoms with Crippen molar-refractivity contribution in [3.8, 4) is 10.4 Å². The van der Waals surface area contributed by atoms with Crippen LogP contribution in [-0.4, -0.2) is 24.2 Å². The van der Waals surface area contributed by atoms with Crippen molar-refractivity contribution in [3.63, 3.8) is 0 Å². The Hall–Kier alpha value is -1.23. The molecule has 1 fully saturated rings. The molecule has 4 heteroatoms. The van der Waals surface area contributed by atoms with Crippen molar-refractivity contribution in [1.29, 1.82) is 0 Å². The minimum absolute atomic E-state index is 0.392. The van der Waals surface area contributed by atoms with Gasteiger partial charge in [0.25, 0.3) is 0 Å². The van der Waals surface area contributed by atoms with Gasteiger partial charge in [0.05, 0.1) is 11.0 Å². The van der Waals surface area contributed by atoms with E-state index in [-0.39, 0.29) is 0 Å². The smallest absolute Gasteiger partial charge is 0.107 e. The van der Waals surface area contributed by atoms with Crippen molar-refractivity contribution < 1.29 is 4.74 Å². The number of rotatable bonds is 6. The molecule has 1 aliphatic heterocycles. The van der Waals surface area contributed by atoms with Crippen molar-refractivity contribution in [1.82, 2.24) is 10.3 Å². The van der Waals surface area contributed by atoms with Crippen LogP contribution in [0.15, 0.2) is 30.5 Å². The number of aromatic nitrogens is 1. The monoisotopic (exact) mass is 316 g/mol. The molecule has 1 N–H and O–H groups in total. The summed E-state index contributed by atoms with van der Waals surface area (Å²) in [5.41, 5.74) is 2.64. The first-order valence-electron chi connectivity index (χ1n) is 8.10. The van der Waals surface area contributed by atoms with Crippen molar-refractivity contribution in [2.24, 2.45) is 0 Å². The topological polar surface area (TPSA) is 34.2 Å². The molecule has 1 atom stereocenters. The van der Waals surface area contributed by atoms with Gasteiger partial charge in [-0.1, -0.05) is 38.1 Å². The second kappa shape index (κ2) is 7.36. The van der Waals surface area contributed by atoms with Gasteiger partial charge >= 0.3 is 0 Å². The van der Waals surface area contributed by atoms with Crippen LogP contribution in [0.3, 0.4) is 0 Å². The maximum absolute atomic E-state index is 5.62. The van der Waals surface area contributed by atoms with Gasteiger partial charge in [0.2, 0.25) is 0 Å². The van der Waals surface area contributed by atoms with E-state index in [2.05, 4.69) is 48.4 Å².